The molecule has 7 N–H and O–H groups in total. The van der Waals surface area contributed by atoms with Crippen LogP contribution >= 0.6 is 0 Å². The van der Waals surface area contributed by atoms with Crippen molar-refractivity contribution in [3.8, 4) is 0 Å². The summed E-state index contributed by atoms with van der Waals surface area (Å²) in [4.78, 5) is 10.2. The van der Waals surface area contributed by atoms with E-state index >= 15 is 0 Å². The molecule has 0 aromatic heterocycles. The van der Waals surface area contributed by atoms with Crippen LogP contribution < -0.4 is 5.73 Å². The van der Waals surface area contributed by atoms with Crippen molar-refractivity contribution in [2.24, 2.45) is 5.73 Å². The Kier molecular flexibility index (Phi) is 4.24. The molecule has 0 aliphatic heterocycles. The van der Waals surface area contributed by atoms with E-state index in [1.54, 1.807) is 0 Å². The van der Waals surface area contributed by atoms with Crippen molar-refractivity contribution in [3.63, 3.8) is 0 Å². The molecule has 7 nitrogen and oxygen atoms in total. The molecule has 3 atom stereocenters. The second-order valence-corrected chi connectivity index (χ2v) is 2.75. The Hall–Kier alpha value is -0.730. The summed E-state index contributed by atoms with van der Waals surface area (Å²) in [6.07, 6.45) is -3.87. The van der Waals surface area contributed by atoms with Gasteiger partial charge in [-0.15, -0.1) is 0 Å². The molecule has 0 heterocycles. The number of aliphatic hydroxyl groups excluding tert-OH is 3. The van der Waals surface area contributed by atoms with Gasteiger partial charge in [0, 0.05) is 6.42 Å². The average molecular weight is 195 g/mol. The number of hydrogen-bond acceptors (Lipinski definition) is 6. The number of carboxylic acid groups (broad SMARTS) is 1. The summed E-state index contributed by atoms with van der Waals surface area (Å²) in [5, 5.41) is 43.4. The van der Waals surface area contributed by atoms with Gasteiger partial charge in [-0.05, 0) is 0 Å². The van der Waals surface area contributed by atoms with Crippen LogP contribution in [0.2, 0.25) is 0 Å². The summed E-state index contributed by atoms with van der Waals surface area (Å²) in [6.45, 7) is -0.739. The molecular weight excluding hydrogens is 182 g/mol. The van der Waals surface area contributed by atoms with Crippen LogP contribution in [0.3, 0.4) is 0 Å². The number of carboxylic acids is 1. The summed E-state index contributed by atoms with van der Waals surface area (Å²) in [6, 6.07) is 0. The van der Waals surface area contributed by atoms with Crippen molar-refractivity contribution in [1.82, 2.24) is 0 Å². The highest BCUT2D eigenvalue weighted by molar-refractivity contribution is 5.76. The molecule has 0 aromatic carbocycles. The van der Waals surface area contributed by atoms with Crippen molar-refractivity contribution in [2.45, 2.75) is 24.4 Å². The molecule has 0 aliphatic rings. The van der Waals surface area contributed by atoms with E-state index in [0.29, 0.717) is 0 Å². The minimum Gasteiger partial charge on any atom is -0.478 e. The van der Waals surface area contributed by atoms with Crippen molar-refractivity contribution >= 4 is 5.97 Å². The van der Waals surface area contributed by atoms with Gasteiger partial charge in [-0.3, -0.25) is 5.73 Å². The zero-order chi connectivity index (χ0) is 10.6. The van der Waals surface area contributed by atoms with E-state index in [2.05, 4.69) is 0 Å². The lowest BCUT2D eigenvalue weighted by molar-refractivity contribution is -0.163. The molecular formula is C6H13NO6. The minimum absolute atomic E-state index is 0.739. The van der Waals surface area contributed by atoms with Crippen LogP contribution in [0, 0.1) is 0 Å². The number of nitrogens with two attached hydrogens (primary N) is 1. The van der Waals surface area contributed by atoms with Gasteiger partial charge in [0.2, 0.25) is 5.72 Å². The number of hydrogen-bond donors (Lipinski definition) is 6. The fraction of sp³-hybridized carbons (Fsp3) is 0.833. The first-order chi connectivity index (χ1) is 5.81. The van der Waals surface area contributed by atoms with Gasteiger partial charge in [-0.25, -0.2) is 4.79 Å². The van der Waals surface area contributed by atoms with Crippen LogP contribution in [0.5, 0.6) is 0 Å². The first-order valence-corrected chi connectivity index (χ1v) is 3.53. The second-order valence-electron chi connectivity index (χ2n) is 2.75. The van der Waals surface area contributed by atoms with Gasteiger partial charge >= 0.3 is 5.97 Å². The second kappa shape index (κ2) is 4.49. The van der Waals surface area contributed by atoms with Gasteiger partial charge in [0.1, 0.15) is 6.10 Å². The van der Waals surface area contributed by atoms with Gasteiger partial charge in [0.05, 0.1) is 12.7 Å². The highest BCUT2D eigenvalue weighted by atomic mass is 16.4. The highest BCUT2D eigenvalue weighted by Crippen LogP contribution is 2.09. The molecule has 0 rings (SSSR count). The predicted molar refractivity (Wildman–Crippen MR) is 40.5 cm³/mol. The molecule has 78 valence electrons. The maximum Gasteiger partial charge on any atom is 0.351 e. The van der Waals surface area contributed by atoms with Crippen LogP contribution in [0.4, 0.5) is 0 Å². The summed E-state index contributed by atoms with van der Waals surface area (Å²) in [5.41, 5.74) is 2.25. The van der Waals surface area contributed by atoms with Gasteiger partial charge in [-0.2, -0.15) is 0 Å². The third kappa shape index (κ3) is 3.66. The molecule has 0 spiro atoms. The van der Waals surface area contributed by atoms with Crippen LogP contribution in [0.25, 0.3) is 0 Å². The van der Waals surface area contributed by atoms with Crippen LogP contribution in [0.1, 0.15) is 6.42 Å². The lowest BCUT2D eigenvalue weighted by Crippen LogP contribution is -2.52. The first-order valence-electron chi connectivity index (χ1n) is 3.53. The fourth-order valence-corrected chi connectivity index (χ4v) is 0.664. The largest absolute Gasteiger partial charge is 0.478 e. The summed E-state index contributed by atoms with van der Waals surface area (Å²) >= 11 is 0. The molecule has 0 saturated heterocycles. The summed E-state index contributed by atoms with van der Waals surface area (Å²) in [5.74, 6) is -1.71. The Balaban J connectivity index is 4.19. The van der Waals surface area contributed by atoms with Gasteiger partial charge in [0.15, 0.2) is 0 Å². The van der Waals surface area contributed by atoms with Crippen molar-refractivity contribution in [3.05, 3.63) is 0 Å². The standard InChI is InChI=1S/C6H13NO6/c7-6(13,5(11)12)1-3(9)4(10)2-8/h3-4,8-10,13H,1-2,7H2,(H,11,12)/t3-,4+,6+/m0/s1. The van der Waals surface area contributed by atoms with Crippen molar-refractivity contribution < 1.29 is 30.3 Å². The topological polar surface area (TPSA) is 144 Å². The van der Waals surface area contributed by atoms with Crippen molar-refractivity contribution in [1.29, 1.82) is 0 Å². The third-order valence-corrected chi connectivity index (χ3v) is 1.52. The van der Waals surface area contributed by atoms with E-state index in [-0.39, 0.29) is 0 Å². The highest BCUT2D eigenvalue weighted by Gasteiger charge is 2.35. The van der Waals surface area contributed by atoms with E-state index in [0.717, 1.165) is 0 Å². The van der Waals surface area contributed by atoms with E-state index in [9.17, 15) is 4.79 Å². The predicted octanol–water partition coefficient (Wildman–Crippen LogP) is -3.18. The third-order valence-electron chi connectivity index (χ3n) is 1.52. The molecule has 0 radical (unpaired) electrons. The van der Waals surface area contributed by atoms with E-state index < -0.39 is 36.9 Å². The molecule has 0 aromatic rings. The molecule has 7 heteroatoms. The smallest absolute Gasteiger partial charge is 0.351 e. The monoisotopic (exact) mass is 195 g/mol. The molecule has 0 fully saturated rings. The number of rotatable bonds is 5. The van der Waals surface area contributed by atoms with Crippen LogP contribution in [0.15, 0.2) is 0 Å². The van der Waals surface area contributed by atoms with Crippen molar-refractivity contribution in [2.75, 3.05) is 6.61 Å². The summed E-state index contributed by atoms with van der Waals surface area (Å²) < 4.78 is 0. The van der Waals surface area contributed by atoms with Gasteiger partial charge in [-0.1, -0.05) is 0 Å². The zero-order valence-electron chi connectivity index (χ0n) is 6.79. The molecule has 0 aliphatic carbocycles. The maximum absolute atomic E-state index is 10.2. The lowest BCUT2D eigenvalue weighted by Gasteiger charge is -2.23. The number of carbonyl (C=O) groups is 1. The van der Waals surface area contributed by atoms with Gasteiger partial charge in [0.25, 0.3) is 0 Å². The van der Waals surface area contributed by atoms with Crippen LogP contribution in [-0.2, 0) is 4.79 Å². The maximum atomic E-state index is 10.2. The van der Waals surface area contributed by atoms with E-state index in [1.807, 2.05) is 0 Å². The Bertz CT molecular complexity index is 182. The number of aliphatic hydroxyl groups is 4. The Morgan fingerprint density at radius 1 is 1.38 bits per heavy atom. The number of aliphatic carboxylic acids is 1. The molecule has 13 heavy (non-hydrogen) atoms. The van der Waals surface area contributed by atoms with E-state index in [4.69, 9.17) is 31.3 Å². The Labute approximate surface area is 74.0 Å². The van der Waals surface area contributed by atoms with E-state index in [1.165, 1.54) is 0 Å². The summed E-state index contributed by atoms with van der Waals surface area (Å²) in [7, 11) is 0. The first kappa shape index (κ1) is 12.3. The molecule has 0 saturated carbocycles. The quantitative estimate of drug-likeness (QED) is 0.254. The molecule has 0 unspecified atom stereocenters. The van der Waals surface area contributed by atoms with Crippen LogP contribution in [-0.4, -0.2) is 56.0 Å². The molecule has 0 amide bonds. The fourth-order valence-electron chi connectivity index (χ4n) is 0.664. The average Bonchev–Trinajstić information content (AvgIpc) is 2.01. The minimum atomic E-state index is -2.60. The normalized spacial score (nSPS) is 20.4. The zero-order valence-corrected chi connectivity index (χ0v) is 6.79. The molecule has 0 bridgehead atoms. The lowest BCUT2D eigenvalue weighted by atomic mass is 10.0. The Morgan fingerprint density at radius 3 is 2.15 bits per heavy atom. The SMILES string of the molecule is N[C@@](O)(C[C@H](O)[C@H](O)CO)C(=O)O. The van der Waals surface area contributed by atoms with Gasteiger partial charge < -0.3 is 25.5 Å². The Morgan fingerprint density at radius 2 is 1.85 bits per heavy atom.